The highest BCUT2D eigenvalue weighted by atomic mass is 15.0. The summed E-state index contributed by atoms with van der Waals surface area (Å²) in [6, 6.07) is 18.8. The monoisotopic (exact) mass is 305 g/mol. The van der Waals surface area contributed by atoms with Crippen LogP contribution in [-0.4, -0.2) is 9.97 Å². The highest BCUT2D eigenvalue weighted by Crippen LogP contribution is 2.25. The van der Waals surface area contributed by atoms with Crippen LogP contribution in [0.3, 0.4) is 0 Å². The van der Waals surface area contributed by atoms with Crippen molar-refractivity contribution in [2.75, 3.05) is 5.32 Å². The number of rotatable bonds is 5. The molecule has 0 aliphatic carbocycles. The second-order valence-electron chi connectivity index (χ2n) is 6.38. The Hall–Kier alpha value is -2.42. The van der Waals surface area contributed by atoms with Gasteiger partial charge >= 0.3 is 0 Å². The van der Waals surface area contributed by atoms with E-state index in [9.17, 15) is 0 Å². The SMILES string of the molecule is CC(C)Cc1nc(NC(C)c2ccccc2)c2ccccc2n1. The highest BCUT2D eigenvalue weighted by molar-refractivity contribution is 5.89. The van der Waals surface area contributed by atoms with Crippen LogP contribution < -0.4 is 5.32 Å². The van der Waals surface area contributed by atoms with E-state index in [2.05, 4.69) is 62.5 Å². The molecule has 0 saturated carbocycles. The molecular weight excluding hydrogens is 282 g/mol. The molecular formula is C20H23N3. The standard InChI is InChI=1S/C20H23N3/c1-14(2)13-19-22-18-12-8-7-11-17(18)20(23-19)21-15(3)16-9-5-4-6-10-16/h4-12,14-15H,13H2,1-3H3,(H,21,22,23). The van der Waals surface area contributed by atoms with Gasteiger partial charge < -0.3 is 5.32 Å². The summed E-state index contributed by atoms with van der Waals surface area (Å²) in [5.41, 5.74) is 2.25. The molecule has 1 heterocycles. The van der Waals surface area contributed by atoms with Crippen molar-refractivity contribution in [3.8, 4) is 0 Å². The summed E-state index contributed by atoms with van der Waals surface area (Å²) in [5.74, 6) is 2.36. The minimum Gasteiger partial charge on any atom is -0.363 e. The predicted octanol–water partition coefficient (Wildman–Crippen LogP) is 5.00. The molecule has 1 aromatic heterocycles. The van der Waals surface area contributed by atoms with Crippen LogP contribution in [0, 0.1) is 5.92 Å². The fraction of sp³-hybridized carbons (Fsp3) is 0.300. The number of nitrogens with zero attached hydrogens (tertiary/aromatic N) is 2. The molecule has 23 heavy (non-hydrogen) atoms. The summed E-state index contributed by atoms with van der Waals surface area (Å²) in [4.78, 5) is 9.49. The average Bonchev–Trinajstić information content (AvgIpc) is 2.55. The lowest BCUT2D eigenvalue weighted by Gasteiger charge is -2.17. The summed E-state index contributed by atoms with van der Waals surface area (Å²) >= 11 is 0. The third-order valence-corrected chi connectivity index (χ3v) is 3.89. The van der Waals surface area contributed by atoms with E-state index in [-0.39, 0.29) is 6.04 Å². The Bertz CT molecular complexity index is 781. The Labute approximate surface area is 137 Å². The van der Waals surface area contributed by atoms with E-state index in [1.54, 1.807) is 0 Å². The van der Waals surface area contributed by atoms with Crippen LogP contribution in [0.4, 0.5) is 5.82 Å². The first-order chi connectivity index (χ1) is 11.1. The zero-order valence-electron chi connectivity index (χ0n) is 14.0. The quantitative estimate of drug-likeness (QED) is 0.720. The first kappa shape index (κ1) is 15.5. The summed E-state index contributed by atoms with van der Waals surface area (Å²) < 4.78 is 0. The molecule has 3 aromatic rings. The predicted molar refractivity (Wildman–Crippen MR) is 96.6 cm³/mol. The molecule has 0 saturated heterocycles. The second kappa shape index (κ2) is 6.78. The van der Waals surface area contributed by atoms with Gasteiger partial charge in [-0.1, -0.05) is 56.3 Å². The largest absolute Gasteiger partial charge is 0.363 e. The Morgan fingerprint density at radius 2 is 1.57 bits per heavy atom. The molecule has 0 spiro atoms. The molecule has 3 heteroatoms. The van der Waals surface area contributed by atoms with Crippen LogP contribution in [0.1, 0.15) is 38.2 Å². The van der Waals surface area contributed by atoms with Crippen LogP contribution in [0.15, 0.2) is 54.6 Å². The van der Waals surface area contributed by atoms with Gasteiger partial charge in [-0.25, -0.2) is 9.97 Å². The lowest BCUT2D eigenvalue weighted by molar-refractivity contribution is 0.623. The normalized spacial score (nSPS) is 12.5. The number of anilines is 1. The summed E-state index contributed by atoms with van der Waals surface area (Å²) in [6.07, 6.45) is 0.888. The Morgan fingerprint density at radius 3 is 2.30 bits per heavy atom. The molecule has 3 nitrogen and oxygen atoms in total. The van der Waals surface area contributed by atoms with Crippen molar-refractivity contribution in [1.29, 1.82) is 0 Å². The molecule has 2 aromatic carbocycles. The van der Waals surface area contributed by atoms with E-state index >= 15 is 0 Å². The summed E-state index contributed by atoms with van der Waals surface area (Å²) in [7, 11) is 0. The van der Waals surface area contributed by atoms with Crippen molar-refractivity contribution >= 4 is 16.7 Å². The molecule has 1 unspecified atom stereocenters. The number of fused-ring (bicyclic) bond motifs is 1. The van der Waals surface area contributed by atoms with Crippen LogP contribution in [-0.2, 0) is 6.42 Å². The molecule has 118 valence electrons. The minimum absolute atomic E-state index is 0.196. The first-order valence-electron chi connectivity index (χ1n) is 8.20. The van der Waals surface area contributed by atoms with E-state index in [0.29, 0.717) is 5.92 Å². The molecule has 0 amide bonds. The maximum Gasteiger partial charge on any atom is 0.138 e. The van der Waals surface area contributed by atoms with Gasteiger partial charge in [0.1, 0.15) is 11.6 Å². The molecule has 0 fully saturated rings. The Morgan fingerprint density at radius 1 is 0.870 bits per heavy atom. The van der Waals surface area contributed by atoms with E-state index in [1.807, 2.05) is 18.2 Å². The summed E-state index contributed by atoms with van der Waals surface area (Å²) in [5, 5.41) is 4.64. The third kappa shape index (κ3) is 3.67. The zero-order valence-corrected chi connectivity index (χ0v) is 14.0. The number of nitrogens with one attached hydrogen (secondary N) is 1. The summed E-state index contributed by atoms with van der Waals surface area (Å²) in [6.45, 7) is 6.55. The smallest absolute Gasteiger partial charge is 0.138 e. The van der Waals surface area contributed by atoms with Crippen molar-refractivity contribution < 1.29 is 0 Å². The molecule has 0 radical (unpaired) electrons. The maximum atomic E-state index is 4.78. The molecule has 1 atom stereocenters. The molecule has 3 rings (SSSR count). The maximum absolute atomic E-state index is 4.78. The number of hydrogen-bond donors (Lipinski definition) is 1. The minimum atomic E-state index is 0.196. The van der Waals surface area contributed by atoms with Crippen LogP contribution in [0.2, 0.25) is 0 Å². The van der Waals surface area contributed by atoms with E-state index in [0.717, 1.165) is 29.0 Å². The van der Waals surface area contributed by atoms with Gasteiger partial charge in [0.25, 0.3) is 0 Å². The van der Waals surface area contributed by atoms with Gasteiger partial charge in [-0.2, -0.15) is 0 Å². The molecule has 1 N–H and O–H groups in total. The van der Waals surface area contributed by atoms with Crippen molar-refractivity contribution in [3.05, 3.63) is 66.0 Å². The number of hydrogen-bond acceptors (Lipinski definition) is 3. The van der Waals surface area contributed by atoms with Gasteiger partial charge in [-0.3, -0.25) is 0 Å². The Balaban J connectivity index is 1.98. The van der Waals surface area contributed by atoms with Gasteiger partial charge in [0.2, 0.25) is 0 Å². The average molecular weight is 305 g/mol. The van der Waals surface area contributed by atoms with Crippen molar-refractivity contribution in [2.24, 2.45) is 5.92 Å². The topological polar surface area (TPSA) is 37.8 Å². The van der Waals surface area contributed by atoms with Crippen LogP contribution in [0.5, 0.6) is 0 Å². The van der Waals surface area contributed by atoms with Gasteiger partial charge in [0, 0.05) is 17.8 Å². The lowest BCUT2D eigenvalue weighted by atomic mass is 10.1. The fourth-order valence-corrected chi connectivity index (χ4v) is 2.72. The molecule has 0 bridgehead atoms. The second-order valence-corrected chi connectivity index (χ2v) is 6.38. The highest BCUT2D eigenvalue weighted by Gasteiger charge is 2.12. The third-order valence-electron chi connectivity index (χ3n) is 3.89. The fourth-order valence-electron chi connectivity index (χ4n) is 2.72. The van der Waals surface area contributed by atoms with E-state index < -0.39 is 0 Å². The molecule has 0 aliphatic heterocycles. The van der Waals surface area contributed by atoms with Crippen molar-refractivity contribution in [1.82, 2.24) is 9.97 Å². The Kier molecular flexibility index (Phi) is 4.56. The zero-order chi connectivity index (χ0) is 16.2. The van der Waals surface area contributed by atoms with Crippen LogP contribution >= 0.6 is 0 Å². The first-order valence-corrected chi connectivity index (χ1v) is 8.20. The van der Waals surface area contributed by atoms with Crippen molar-refractivity contribution in [3.63, 3.8) is 0 Å². The lowest BCUT2D eigenvalue weighted by Crippen LogP contribution is -2.11. The van der Waals surface area contributed by atoms with Crippen LogP contribution in [0.25, 0.3) is 10.9 Å². The number of benzene rings is 2. The van der Waals surface area contributed by atoms with E-state index in [1.165, 1.54) is 5.56 Å². The van der Waals surface area contributed by atoms with Gasteiger partial charge in [0.15, 0.2) is 0 Å². The number of aromatic nitrogens is 2. The van der Waals surface area contributed by atoms with E-state index in [4.69, 9.17) is 9.97 Å². The van der Waals surface area contributed by atoms with Crippen molar-refractivity contribution in [2.45, 2.75) is 33.2 Å². The van der Waals surface area contributed by atoms with Gasteiger partial charge in [-0.15, -0.1) is 0 Å². The number of para-hydroxylation sites is 1. The van der Waals surface area contributed by atoms with Gasteiger partial charge in [-0.05, 0) is 30.5 Å². The van der Waals surface area contributed by atoms with Gasteiger partial charge in [0.05, 0.1) is 5.52 Å². The molecule has 0 aliphatic rings.